The summed E-state index contributed by atoms with van der Waals surface area (Å²) in [6.45, 7) is 1.91. The Balaban J connectivity index is 1.91. The Hall–Kier alpha value is -2.49. The molecule has 0 aliphatic rings. The zero-order chi connectivity index (χ0) is 16.8. The average Bonchev–Trinajstić information content (AvgIpc) is 3.16. The van der Waals surface area contributed by atoms with Gasteiger partial charge in [0.15, 0.2) is 5.65 Å². The number of nitrogens with zero attached hydrogens (tertiary/aromatic N) is 4. The Kier molecular flexibility index (Phi) is 3.49. The molecule has 24 heavy (non-hydrogen) atoms. The van der Waals surface area contributed by atoms with Crippen molar-refractivity contribution in [3.8, 4) is 16.5 Å². The van der Waals surface area contributed by atoms with Crippen LogP contribution in [0.15, 0.2) is 30.5 Å². The van der Waals surface area contributed by atoms with Gasteiger partial charge in [-0.1, -0.05) is 0 Å². The van der Waals surface area contributed by atoms with Crippen molar-refractivity contribution >= 4 is 39.8 Å². The van der Waals surface area contributed by atoms with Gasteiger partial charge in [-0.05, 0) is 25.1 Å². The number of hydrogen-bond donors (Lipinski definition) is 2. The van der Waals surface area contributed by atoms with Crippen molar-refractivity contribution in [1.29, 1.82) is 0 Å². The Morgan fingerprint density at radius 2 is 2.04 bits per heavy atom. The Morgan fingerprint density at radius 3 is 2.79 bits per heavy atom. The van der Waals surface area contributed by atoms with Crippen LogP contribution in [0.25, 0.3) is 26.6 Å². The molecule has 0 saturated heterocycles. The van der Waals surface area contributed by atoms with E-state index in [0.29, 0.717) is 32.1 Å². The van der Waals surface area contributed by atoms with E-state index in [9.17, 15) is 10.0 Å². The number of methoxy groups -OCH3 is 1. The van der Waals surface area contributed by atoms with E-state index in [1.54, 1.807) is 16.6 Å². The fourth-order valence-electron chi connectivity index (χ4n) is 2.53. The van der Waals surface area contributed by atoms with E-state index in [4.69, 9.17) is 4.74 Å². The maximum Gasteiger partial charge on any atom is 0.490 e. The first-order valence-electron chi connectivity index (χ1n) is 7.23. The van der Waals surface area contributed by atoms with Crippen LogP contribution < -0.4 is 10.2 Å². The monoisotopic (exact) mass is 340 g/mol. The highest BCUT2D eigenvalue weighted by atomic mass is 32.1. The summed E-state index contributed by atoms with van der Waals surface area (Å²) in [5.74, 6) is 0.523. The van der Waals surface area contributed by atoms with E-state index in [0.717, 1.165) is 11.3 Å². The van der Waals surface area contributed by atoms with Crippen LogP contribution in [-0.2, 0) is 0 Å². The van der Waals surface area contributed by atoms with Gasteiger partial charge in [0, 0.05) is 11.5 Å². The molecule has 0 unspecified atom stereocenters. The third kappa shape index (κ3) is 2.43. The third-order valence-corrected chi connectivity index (χ3v) is 4.82. The van der Waals surface area contributed by atoms with Crippen LogP contribution in [0.1, 0.15) is 5.69 Å². The zero-order valence-electron chi connectivity index (χ0n) is 13.0. The Bertz CT molecular complexity index is 1060. The third-order valence-electron chi connectivity index (χ3n) is 3.68. The molecule has 3 aromatic heterocycles. The largest absolute Gasteiger partial charge is 0.497 e. The Labute approximate surface area is 141 Å². The standard InChI is InChI=1S/C15H13BN4O3S/c1-8-3-4-13-17-12(7-20(13)19-8)15-18-11-6-9(23-2)5-10(16(21)22)14(11)24-15/h3-7,21-22H,1-2H3. The maximum atomic E-state index is 9.62. The van der Waals surface area contributed by atoms with Gasteiger partial charge in [0.2, 0.25) is 0 Å². The van der Waals surface area contributed by atoms with Gasteiger partial charge in [-0.15, -0.1) is 11.3 Å². The first-order valence-corrected chi connectivity index (χ1v) is 8.05. The van der Waals surface area contributed by atoms with Crippen molar-refractivity contribution in [2.24, 2.45) is 0 Å². The second-order valence-electron chi connectivity index (χ2n) is 5.36. The number of benzene rings is 1. The highest BCUT2D eigenvalue weighted by molar-refractivity contribution is 7.23. The normalized spacial score (nSPS) is 11.3. The molecule has 0 fully saturated rings. The van der Waals surface area contributed by atoms with E-state index in [1.807, 2.05) is 25.3 Å². The molecule has 4 rings (SSSR count). The number of thiazole rings is 1. The molecular weight excluding hydrogens is 327 g/mol. The molecule has 0 aliphatic heterocycles. The Morgan fingerprint density at radius 1 is 1.21 bits per heavy atom. The number of aromatic nitrogens is 4. The summed E-state index contributed by atoms with van der Waals surface area (Å²) >= 11 is 1.35. The van der Waals surface area contributed by atoms with Crippen molar-refractivity contribution in [2.45, 2.75) is 6.92 Å². The summed E-state index contributed by atoms with van der Waals surface area (Å²) in [4.78, 5) is 9.09. The molecular formula is C15H13BN4O3S. The van der Waals surface area contributed by atoms with Gasteiger partial charge in [0.25, 0.3) is 0 Å². The first kappa shape index (κ1) is 15.1. The quantitative estimate of drug-likeness (QED) is 0.541. The van der Waals surface area contributed by atoms with E-state index >= 15 is 0 Å². The van der Waals surface area contributed by atoms with Crippen LogP contribution in [0, 0.1) is 6.92 Å². The molecule has 0 aliphatic carbocycles. The van der Waals surface area contributed by atoms with Crippen LogP contribution in [0.5, 0.6) is 5.75 Å². The predicted molar refractivity (Wildman–Crippen MR) is 92.7 cm³/mol. The van der Waals surface area contributed by atoms with Crippen LogP contribution in [0.4, 0.5) is 0 Å². The van der Waals surface area contributed by atoms with Crippen molar-refractivity contribution in [3.05, 3.63) is 36.2 Å². The summed E-state index contributed by atoms with van der Waals surface area (Å²) in [6.07, 6.45) is 1.81. The minimum absolute atomic E-state index is 0.367. The molecule has 4 aromatic rings. The van der Waals surface area contributed by atoms with Crippen LogP contribution in [0.3, 0.4) is 0 Å². The summed E-state index contributed by atoms with van der Waals surface area (Å²) in [7, 11) is -0.0701. The maximum absolute atomic E-state index is 9.62. The average molecular weight is 340 g/mol. The van der Waals surface area contributed by atoms with Gasteiger partial charge < -0.3 is 14.8 Å². The first-order chi connectivity index (χ1) is 11.5. The number of hydrogen-bond acceptors (Lipinski definition) is 7. The summed E-state index contributed by atoms with van der Waals surface area (Å²) in [5.41, 5.74) is 3.32. The van der Waals surface area contributed by atoms with Gasteiger partial charge in [0.05, 0.1) is 29.2 Å². The van der Waals surface area contributed by atoms with Crippen LogP contribution in [-0.4, -0.2) is 43.9 Å². The predicted octanol–water partition coefficient (Wildman–Crippen LogP) is 1.00. The molecule has 0 saturated carbocycles. The highest BCUT2D eigenvalue weighted by Crippen LogP contribution is 2.31. The fourth-order valence-corrected chi connectivity index (χ4v) is 3.56. The molecule has 3 heterocycles. The summed E-state index contributed by atoms with van der Waals surface area (Å²) in [5, 5.41) is 24.3. The van der Waals surface area contributed by atoms with Crippen molar-refractivity contribution in [1.82, 2.24) is 19.6 Å². The minimum Gasteiger partial charge on any atom is -0.497 e. The smallest absolute Gasteiger partial charge is 0.490 e. The molecule has 0 atom stereocenters. The number of ether oxygens (including phenoxy) is 1. The lowest BCUT2D eigenvalue weighted by Gasteiger charge is -2.04. The number of fused-ring (bicyclic) bond motifs is 2. The SMILES string of the molecule is COc1cc(B(O)O)c2sc(-c3cn4nc(C)ccc4n3)nc2c1. The van der Waals surface area contributed by atoms with Gasteiger partial charge in [-0.2, -0.15) is 5.10 Å². The molecule has 7 nitrogen and oxygen atoms in total. The highest BCUT2D eigenvalue weighted by Gasteiger charge is 2.21. The molecule has 0 radical (unpaired) electrons. The lowest BCUT2D eigenvalue weighted by molar-refractivity contribution is 0.413. The number of aryl methyl sites for hydroxylation is 1. The molecule has 0 spiro atoms. The van der Waals surface area contributed by atoms with Crippen LogP contribution in [0.2, 0.25) is 0 Å². The molecule has 9 heteroatoms. The van der Waals surface area contributed by atoms with Gasteiger partial charge in [-0.3, -0.25) is 0 Å². The lowest BCUT2D eigenvalue weighted by atomic mass is 9.80. The second kappa shape index (κ2) is 5.55. The van der Waals surface area contributed by atoms with E-state index in [-0.39, 0.29) is 0 Å². The fraction of sp³-hybridized carbons (Fsp3) is 0.133. The molecule has 120 valence electrons. The molecule has 1 aromatic carbocycles. The summed E-state index contributed by atoms with van der Waals surface area (Å²) < 4.78 is 7.61. The van der Waals surface area contributed by atoms with Gasteiger partial charge in [0.1, 0.15) is 16.5 Å². The van der Waals surface area contributed by atoms with E-state index in [2.05, 4.69) is 15.1 Å². The zero-order valence-corrected chi connectivity index (χ0v) is 13.8. The topological polar surface area (TPSA) is 92.8 Å². The van der Waals surface area contributed by atoms with Crippen molar-refractivity contribution in [2.75, 3.05) is 7.11 Å². The van der Waals surface area contributed by atoms with Crippen molar-refractivity contribution < 1.29 is 14.8 Å². The second-order valence-corrected chi connectivity index (χ2v) is 6.36. The van der Waals surface area contributed by atoms with E-state index in [1.165, 1.54) is 18.4 Å². The van der Waals surface area contributed by atoms with Crippen molar-refractivity contribution in [3.63, 3.8) is 0 Å². The van der Waals surface area contributed by atoms with Gasteiger partial charge >= 0.3 is 7.12 Å². The van der Waals surface area contributed by atoms with Gasteiger partial charge in [-0.25, -0.2) is 14.5 Å². The molecule has 0 amide bonds. The lowest BCUT2D eigenvalue weighted by Crippen LogP contribution is -2.30. The number of imidazole rings is 1. The minimum atomic E-state index is -1.60. The van der Waals surface area contributed by atoms with Crippen LogP contribution >= 0.6 is 11.3 Å². The van der Waals surface area contributed by atoms with E-state index < -0.39 is 7.12 Å². The summed E-state index contributed by atoms with van der Waals surface area (Å²) in [6, 6.07) is 7.16. The molecule has 2 N–H and O–H groups in total. The molecule has 0 bridgehead atoms. The number of rotatable bonds is 3.